The van der Waals surface area contributed by atoms with Gasteiger partial charge in [-0.2, -0.15) is 0 Å². The molecule has 0 aromatic carbocycles. The van der Waals surface area contributed by atoms with Crippen LogP contribution in [0.3, 0.4) is 0 Å². The fourth-order valence-electron chi connectivity index (χ4n) is 1.17. The fourth-order valence-corrected chi connectivity index (χ4v) is 4.02. The van der Waals surface area contributed by atoms with Crippen molar-refractivity contribution in [3.8, 4) is 0 Å². The summed E-state index contributed by atoms with van der Waals surface area (Å²) >= 11 is 8.21. The maximum atomic E-state index is 12.1. The molecule has 0 atom stereocenters. The Hall–Kier alpha value is 0.250. The molecule has 0 radical (unpaired) electrons. The molecule has 0 saturated carbocycles. The highest BCUT2D eigenvalue weighted by molar-refractivity contribution is 9.12. The SMILES string of the molecule is CN(CC(=O)c1cc(Br)sc1Br)C(C)(C)CO. The third kappa shape index (κ3) is 3.86. The highest BCUT2D eigenvalue weighted by atomic mass is 79.9. The van der Waals surface area contributed by atoms with Crippen LogP contribution in [0.25, 0.3) is 0 Å². The first-order valence-corrected chi connectivity index (χ1v) is 7.48. The number of ketones is 1. The Morgan fingerprint density at radius 3 is 2.53 bits per heavy atom. The number of carbonyl (C=O) groups excluding carboxylic acids is 1. The minimum Gasteiger partial charge on any atom is -0.394 e. The summed E-state index contributed by atoms with van der Waals surface area (Å²) in [4.78, 5) is 13.9. The molecule has 3 nitrogen and oxygen atoms in total. The zero-order chi connectivity index (χ0) is 13.2. The Labute approximate surface area is 122 Å². The van der Waals surface area contributed by atoms with Gasteiger partial charge in [-0.3, -0.25) is 9.69 Å². The normalized spacial score (nSPS) is 12.2. The summed E-state index contributed by atoms with van der Waals surface area (Å²) in [5.41, 5.74) is 0.289. The lowest BCUT2D eigenvalue weighted by Gasteiger charge is -2.33. The summed E-state index contributed by atoms with van der Waals surface area (Å²) in [5, 5.41) is 9.24. The van der Waals surface area contributed by atoms with Gasteiger partial charge >= 0.3 is 0 Å². The predicted molar refractivity (Wildman–Crippen MR) is 77.8 cm³/mol. The van der Waals surface area contributed by atoms with Crippen molar-refractivity contribution >= 4 is 49.0 Å². The van der Waals surface area contributed by atoms with Gasteiger partial charge in [-0.25, -0.2) is 0 Å². The molecule has 96 valence electrons. The minimum absolute atomic E-state index is 0.0191. The number of rotatable bonds is 5. The molecular formula is C11H15Br2NO2S. The lowest BCUT2D eigenvalue weighted by molar-refractivity contribution is 0.0659. The standard InChI is InChI=1S/C11H15Br2NO2S/c1-11(2,6-15)14(3)5-8(16)7-4-9(12)17-10(7)13/h4,15H,5-6H2,1-3H3. The molecule has 6 heteroatoms. The zero-order valence-corrected chi connectivity index (χ0v) is 13.9. The van der Waals surface area contributed by atoms with Crippen molar-refractivity contribution in [2.45, 2.75) is 19.4 Å². The van der Waals surface area contributed by atoms with Gasteiger partial charge in [0.25, 0.3) is 0 Å². The first-order chi connectivity index (χ1) is 7.77. The summed E-state index contributed by atoms with van der Waals surface area (Å²) in [7, 11) is 1.84. The molecule has 0 saturated heterocycles. The highest BCUT2D eigenvalue weighted by Gasteiger charge is 2.25. The molecule has 0 aliphatic rings. The molecule has 17 heavy (non-hydrogen) atoms. The Morgan fingerprint density at radius 1 is 1.53 bits per heavy atom. The molecule has 1 aromatic heterocycles. The van der Waals surface area contributed by atoms with Crippen LogP contribution in [0.4, 0.5) is 0 Å². The van der Waals surface area contributed by atoms with Crippen LogP contribution in [0, 0.1) is 0 Å². The summed E-state index contributed by atoms with van der Waals surface area (Å²) in [6, 6.07) is 1.82. The van der Waals surface area contributed by atoms with Gasteiger partial charge in [0.1, 0.15) is 0 Å². The number of nitrogens with zero attached hydrogens (tertiary/aromatic N) is 1. The molecule has 0 amide bonds. The monoisotopic (exact) mass is 383 g/mol. The Bertz CT molecular complexity index is 418. The van der Waals surface area contributed by atoms with Crippen LogP contribution in [0.1, 0.15) is 24.2 Å². The van der Waals surface area contributed by atoms with E-state index in [0.29, 0.717) is 5.56 Å². The van der Waals surface area contributed by atoms with Crippen LogP contribution in [0.15, 0.2) is 13.6 Å². The molecule has 0 bridgehead atoms. The second kappa shape index (κ2) is 5.93. The summed E-state index contributed by atoms with van der Waals surface area (Å²) in [6.45, 7) is 4.11. The number of hydrogen-bond acceptors (Lipinski definition) is 4. The van der Waals surface area contributed by atoms with Crippen molar-refractivity contribution in [3.63, 3.8) is 0 Å². The van der Waals surface area contributed by atoms with Crippen LogP contribution in [0.2, 0.25) is 0 Å². The first kappa shape index (κ1) is 15.3. The Balaban J connectivity index is 2.77. The third-order valence-corrected chi connectivity index (χ3v) is 5.10. The number of thiophene rings is 1. The quantitative estimate of drug-likeness (QED) is 0.792. The molecule has 0 aliphatic carbocycles. The maximum Gasteiger partial charge on any atom is 0.178 e. The van der Waals surface area contributed by atoms with E-state index < -0.39 is 5.54 Å². The molecule has 1 aromatic rings. The predicted octanol–water partition coefficient (Wildman–Crippen LogP) is 3.16. The van der Waals surface area contributed by atoms with E-state index in [2.05, 4.69) is 31.9 Å². The van der Waals surface area contributed by atoms with E-state index in [1.54, 1.807) is 0 Å². The number of aliphatic hydroxyl groups excluding tert-OH is 1. The lowest BCUT2D eigenvalue weighted by Crippen LogP contribution is -2.46. The van der Waals surface area contributed by atoms with E-state index in [1.165, 1.54) is 11.3 Å². The van der Waals surface area contributed by atoms with Gasteiger partial charge in [-0.05, 0) is 58.8 Å². The van der Waals surface area contributed by atoms with Crippen molar-refractivity contribution in [2.24, 2.45) is 0 Å². The average Bonchev–Trinajstić information content (AvgIpc) is 2.57. The largest absolute Gasteiger partial charge is 0.394 e. The topological polar surface area (TPSA) is 40.5 Å². The van der Waals surface area contributed by atoms with E-state index in [1.807, 2.05) is 31.9 Å². The van der Waals surface area contributed by atoms with Crippen LogP contribution in [-0.2, 0) is 0 Å². The zero-order valence-electron chi connectivity index (χ0n) is 9.96. The smallest absolute Gasteiger partial charge is 0.178 e. The number of aliphatic hydroxyl groups is 1. The number of Topliss-reactive ketones (excluding diaryl/α,β-unsaturated/α-hetero) is 1. The Kier molecular flexibility index (Phi) is 5.34. The van der Waals surface area contributed by atoms with Gasteiger partial charge < -0.3 is 5.11 Å². The van der Waals surface area contributed by atoms with Crippen molar-refractivity contribution < 1.29 is 9.90 Å². The molecule has 1 N–H and O–H groups in total. The number of halogens is 2. The molecule has 1 rings (SSSR count). The number of carbonyl (C=O) groups is 1. The molecule has 0 unspecified atom stereocenters. The van der Waals surface area contributed by atoms with Crippen molar-refractivity contribution in [1.82, 2.24) is 4.90 Å². The van der Waals surface area contributed by atoms with Gasteiger partial charge in [0.05, 0.1) is 20.7 Å². The van der Waals surface area contributed by atoms with Crippen LogP contribution in [-0.4, -0.2) is 41.5 Å². The van der Waals surface area contributed by atoms with Gasteiger partial charge in [0, 0.05) is 11.1 Å². The van der Waals surface area contributed by atoms with Crippen molar-refractivity contribution in [2.75, 3.05) is 20.2 Å². The third-order valence-electron chi connectivity index (χ3n) is 2.76. The van der Waals surface area contributed by atoms with Gasteiger partial charge in [0.15, 0.2) is 5.78 Å². The van der Waals surface area contributed by atoms with Gasteiger partial charge in [-0.1, -0.05) is 0 Å². The van der Waals surface area contributed by atoms with Crippen molar-refractivity contribution in [3.05, 3.63) is 19.2 Å². The summed E-state index contributed by atoms with van der Waals surface area (Å²) in [6.07, 6.45) is 0. The Morgan fingerprint density at radius 2 is 2.12 bits per heavy atom. The second-order valence-corrected chi connectivity index (χ2v) is 8.24. The average molecular weight is 385 g/mol. The van der Waals surface area contributed by atoms with E-state index in [9.17, 15) is 9.90 Å². The van der Waals surface area contributed by atoms with E-state index in [4.69, 9.17) is 0 Å². The van der Waals surface area contributed by atoms with E-state index in [-0.39, 0.29) is 18.9 Å². The molecule has 1 heterocycles. The molecule has 0 aliphatic heterocycles. The number of hydrogen-bond donors (Lipinski definition) is 1. The second-order valence-electron chi connectivity index (χ2n) is 4.49. The first-order valence-electron chi connectivity index (χ1n) is 5.08. The summed E-state index contributed by atoms with van der Waals surface area (Å²) in [5.74, 6) is 0.0443. The summed E-state index contributed by atoms with van der Waals surface area (Å²) < 4.78 is 1.77. The van der Waals surface area contributed by atoms with Crippen LogP contribution in [0.5, 0.6) is 0 Å². The van der Waals surface area contributed by atoms with E-state index >= 15 is 0 Å². The minimum atomic E-state index is -0.393. The van der Waals surface area contributed by atoms with E-state index in [0.717, 1.165) is 7.57 Å². The molecule has 0 fully saturated rings. The molecule has 0 spiro atoms. The molecular weight excluding hydrogens is 370 g/mol. The fraction of sp³-hybridized carbons (Fsp3) is 0.545. The highest BCUT2D eigenvalue weighted by Crippen LogP contribution is 2.32. The van der Waals surface area contributed by atoms with Gasteiger partial charge in [0.2, 0.25) is 0 Å². The lowest BCUT2D eigenvalue weighted by atomic mass is 10.0. The van der Waals surface area contributed by atoms with Gasteiger partial charge in [-0.15, -0.1) is 11.3 Å². The van der Waals surface area contributed by atoms with Crippen molar-refractivity contribution in [1.29, 1.82) is 0 Å². The maximum absolute atomic E-state index is 12.1. The van der Waals surface area contributed by atoms with Crippen LogP contribution >= 0.6 is 43.2 Å². The van der Waals surface area contributed by atoms with Crippen LogP contribution < -0.4 is 0 Å². The number of likely N-dealkylation sites (N-methyl/N-ethyl adjacent to an activating group) is 1.